The Kier molecular flexibility index (Phi) is 3.46. The van der Waals surface area contributed by atoms with Gasteiger partial charge in [0.25, 0.3) is 0 Å². The van der Waals surface area contributed by atoms with Crippen molar-refractivity contribution in [1.29, 1.82) is 0 Å². The third-order valence-corrected chi connectivity index (χ3v) is 2.12. The number of carbonyl (C=O) groups is 1. The quantitative estimate of drug-likeness (QED) is 0.646. The van der Waals surface area contributed by atoms with Gasteiger partial charge < -0.3 is 10.5 Å². The van der Waals surface area contributed by atoms with Gasteiger partial charge in [0.2, 0.25) is 0 Å². The van der Waals surface area contributed by atoms with Crippen LogP contribution >= 0.6 is 0 Å². The summed E-state index contributed by atoms with van der Waals surface area (Å²) in [6, 6.07) is -0.639. The molecule has 1 heterocycles. The standard InChI is InChI=1S/C9H17N3O2/c1-5(2)8-7(4-6(3)14-8)11-12-9(10)13/h5-6,8H,4H2,1-3H3,(H3,10,12,13)/b11-7+. The van der Waals surface area contributed by atoms with Crippen molar-refractivity contribution in [3.05, 3.63) is 0 Å². The molecule has 5 nitrogen and oxygen atoms in total. The Bertz CT molecular complexity index is 250. The number of carbonyl (C=O) groups excluding carboxylic acids is 1. The molecule has 2 unspecified atom stereocenters. The summed E-state index contributed by atoms with van der Waals surface area (Å²) in [5.41, 5.74) is 8.04. The lowest BCUT2D eigenvalue weighted by molar-refractivity contribution is 0.0451. The van der Waals surface area contributed by atoms with E-state index in [1.165, 1.54) is 0 Å². The van der Waals surface area contributed by atoms with E-state index in [9.17, 15) is 4.79 Å². The van der Waals surface area contributed by atoms with Crippen molar-refractivity contribution in [3.63, 3.8) is 0 Å². The van der Waals surface area contributed by atoms with Crippen LogP contribution in [0, 0.1) is 5.92 Å². The SMILES string of the molecule is CC1C/C(=N\NC(N)=O)C(C(C)C)O1. The first-order valence-electron chi connectivity index (χ1n) is 4.78. The molecule has 1 saturated heterocycles. The van der Waals surface area contributed by atoms with Crippen LogP contribution in [0.1, 0.15) is 27.2 Å². The van der Waals surface area contributed by atoms with Gasteiger partial charge in [0, 0.05) is 6.42 Å². The number of nitrogens with zero attached hydrogens (tertiary/aromatic N) is 1. The van der Waals surface area contributed by atoms with Gasteiger partial charge in [-0.25, -0.2) is 10.2 Å². The molecule has 1 aliphatic rings. The second kappa shape index (κ2) is 4.41. The topological polar surface area (TPSA) is 76.7 Å². The second-order valence-electron chi connectivity index (χ2n) is 3.89. The van der Waals surface area contributed by atoms with Crippen LogP contribution in [0.15, 0.2) is 5.10 Å². The molecule has 0 aromatic heterocycles. The molecule has 0 saturated carbocycles. The third-order valence-electron chi connectivity index (χ3n) is 2.12. The van der Waals surface area contributed by atoms with E-state index in [1.807, 2.05) is 6.92 Å². The molecule has 2 amide bonds. The molecular formula is C9H17N3O2. The van der Waals surface area contributed by atoms with E-state index in [2.05, 4.69) is 24.4 Å². The summed E-state index contributed by atoms with van der Waals surface area (Å²) < 4.78 is 5.64. The summed E-state index contributed by atoms with van der Waals surface area (Å²) in [6.07, 6.45) is 0.913. The van der Waals surface area contributed by atoms with E-state index in [0.717, 1.165) is 12.1 Å². The van der Waals surface area contributed by atoms with Gasteiger partial charge in [-0.05, 0) is 12.8 Å². The Morgan fingerprint density at radius 1 is 1.71 bits per heavy atom. The van der Waals surface area contributed by atoms with Crippen LogP contribution in [0.2, 0.25) is 0 Å². The first-order chi connectivity index (χ1) is 6.50. The molecular weight excluding hydrogens is 182 g/mol. The summed E-state index contributed by atoms with van der Waals surface area (Å²) >= 11 is 0. The van der Waals surface area contributed by atoms with Crippen LogP contribution in [0.5, 0.6) is 0 Å². The minimum absolute atomic E-state index is 0.00292. The highest BCUT2D eigenvalue weighted by Crippen LogP contribution is 2.22. The van der Waals surface area contributed by atoms with Crippen LogP contribution < -0.4 is 11.2 Å². The lowest BCUT2D eigenvalue weighted by atomic mass is 10.0. The van der Waals surface area contributed by atoms with Crippen molar-refractivity contribution in [2.24, 2.45) is 16.8 Å². The molecule has 0 bridgehead atoms. The summed E-state index contributed by atoms with van der Waals surface area (Å²) in [5.74, 6) is 0.355. The van der Waals surface area contributed by atoms with Gasteiger partial charge in [-0.3, -0.25) is 0 Å². The number of amides is 2. The molecule has 0 aromatic carbocycles. The summed E-state index contributed by atoms with van der Waals surface area (Å²) in [4.78, 5) is 10.5. The smallest absolute Gasteiger partial charge is 0.332 e. The fraction of sp³-hybridized carbons (Fsp3) is 0.778. The predicted molar refractivity (Wildman–Crippen MR) is 53.9 cm³/mol. The molecule has 0 spiro atoms. The monoisotopic (exact) mass is 199 g/mol. The van der Waals surface area contributed by atoms with Crippen LogP contribution in [0.25, 0.3) is 0 Å². The van der Waals surface area contributed by atoms with Crippen molar-refractivity contribution in [2.75, 3.05) is 0 Å². The fourth-order valence-electron chi connectivity index (χ4n) is 1.57. The zero-order valence-corrected chi connectivity index (χ0v) is 8.78. The van der Waals surface area contributed by atoms with E-state index in [4.69, 9.17) is 10.5 Å². The van der Waals surface area contributed by atoms with Crippen LogP contribution in [-0.2, 0) is 4.74 Å². The normalized spacial score (nSPS) is 29.9. The van der Waals surface area contributed by atoms with E-state index < -0.39 is 6.03 Å². The number of urea groups is 1. The third kappa shape index (κ3) is 2.70. The van der Waals surface area contributed by atoms with Gasteiger partial charge in [-0.2, -0.15) is 5.10 Å². The minimum atomic E-state index is -0.639. The van der Waals surface area contributed by atoms with Gasteiger partial charge >= 0.3 is 6.03 Å². The van der Waals surface area contributed by atoms with Crippen molar-refractivity contribution >= 4 is 11.7 Å². The number of hydrazone groups is 1. The summed E-state index contributed by atoms with van der Waals surface area (Å²) in [6.45, 7) is 6.10. The maximum atomic E-state index is 10.5. The fourth-order valence-corrected chi connectivity index (χ4v) is 1.57. The Labute approximate surface area is 83.7 Å². The molecule has 3 N–H and O–H groups in total. The number of rotatable bonds is 2. The summed E-state index contributed by atoms with van der Waals surface area (Å²) in [5, 5.41) is 3.94. The number of nitrogens with two attached hydrogens (primary N) is 1. The Morgan fingerprint density at radius 2 is 2.36 bits per heavy atom. The molecule has 0 aliphatic carbocycles. The van der Waals surface area contributed by atoms with Crippen molar-refractivity contribution < 1.29 is 9.53 Å². The first-order valence-corrected chi connectivity index (χ1v) is 4.78. The van der Waals surface area contributed by atoms with E-state index in [1.54, 1.807) is 0 Å². The average molecular weight is 199 g/mol. The van der Waals surface area contributed by atoms with Gasteiger partial charge in [-0.15, -0.1) is 0 Å². The highest BCUT2D eigenvalue weighted by atomic mass is 16.5. The molecule has 80 valence electrons. The Morgan fingerprint density at radius 3 is 2.86 bits per heavy atom. The molecule has 1 aliphatic heterocycles. The van der Waals surface area contributed by atoms with E-state index in [-0.39, 0.29) is 12.2 Å². The number of ether oxygens (including phenoxy) is 1. The van der Waals surface area contributed by atoms with Gasteiger partial charge in [0.15, 0.2) is 0 Å². The zero-order valence-electron chi connectivity index (χ0n) is 8.78. The summed E-state index contributed by atoms with van der Waals surface area (Å²) in [7, 11) is 0. The average Bonchev–Trinajstić information content (AvgIpc) is 2.43. The van der Waals surface area contributed by atoms with E-state index >= 15 is 0 Å². The highest BCUT2D eigenvalue weighted by Gasteiger charge is 2.31. The second-order valence-corrected chi connectivity index (χ2v) is 3.89. The molecule has 14 heavy (non-hydrogen) atoms. The molecule has 1 fully saturated rings. The van der Waals surface area contributed by atoms with E-state index in [0.29, 0.717) is 5.92 Å². The zero-order chi connectivity index (χ0) is 10.7. The predicted octanol–water partition coefficient (Wildman–Crippen LogP) is 0.844. The molecule has 1 rings (SSSR count). The molecule has 0 aromatic rings. The number of nitrogens with one attached hydrogen (secondary N) is 1. The van der Waals surface area contributed by atoms with Crippen LogP contribution in [-0.4, -0.2) is 24.0 Å². The Hall–Kier alpha value is -1.10. The lowest BCUT2D eigenvalue weighted by Crippen LogP contribution is -2.29. The number of hydrogen-bond donors (Lipinski definition) is 2. The minimum Gasteiger partial charge on any atom is -0.369 e. The largest absolute Gasteiger partial charge is 0.369 e. The van der Waals surface area contributed by atoms with Crippen LogP contribution in [0.4, 0.5) is 4.79 Å². The van der Waals surface area contributed by atoms with Gasteiger partial charge in [-0.1, -0.05) is 13.8 Å². The number of primary amides is 1. The van der Waals surface area contributed by atoms with Crippen molar-refractivity contribution in [3.8, 4) is 0 Å². The molecule has 2 atom stereocenters. The van der Waals surface area contributed by atoms with Gasteiger partial charge in [0.05, 0.1) is 11.8 Å². The number of hydrogen-bond acceptors (Lipinski definition) is 3. The highest BCUT2D eigenvalue weighted by molar-refractivity contribution is 5.91. The van der Waals surface area contributed by atoms with Gasteiger partial charge in [0.1, 0.15) is 6.10 Å². The maximum absolute atomic E-state index is 10.5. The lowest BCUT2D eigenvalue weighted by Gasteiger charge is -2.15. The maximum Gasteiger partial charge on any atom is 0.332 e. The van der Waals surface area contributed by atoms with Crippen molar-refractivity contribution in [1.82, 2.24) is 5.43 Å². The first kappa shape index (κ1) is 11.0. The van der Waals surface area contributed by atoms with Crippen molar-refractivity contribution in [2.45, 2.75) is 39.4 Å². The molecule has 0 radical (unpaired) electrons. The van der Waals surface area contributed by atoms with Crippen LogP contribution in [0.3, 0.4) is 0 Å². The Balaban J connectivity index is 2.66. The molecule has 5 heteroatoms.